The Balaban J connectivity index is 1.98. The van der Waals surface area contributed by atoms with Crippen LogP contribution < -0.4 is 0 Å². The van der Waals surface area contributed by atoms with Crippen LogP contribution in [0.2, 0.25) is 0 Å². The van der Waals surface area contributed by atoms with Gasteiger partial charge >= 0.3 is 0 Å². The van der Waals surface area contributed by atoms with E-state index in [1.807, 2.05) is 11.8 Å². The first-order valence-corrected chi connectivity index (χ1v) is 6.71. The van der Waals surface area contributed by atoms with Crippen molar-refractivity contribution in [3.8, 4) is 6.07 Å². The first-order chi connectivity index (χ1) is 7.90. The molecule has 0 spiro atoms. The predicted octanol–water partition coefficient (Wildman–Crippen LogP) is 1.85. The minimum atomic E-state index is 0.471. The van der Waals surface area contributed by atoms with Crippen molar-refractivity contribution in [2.75, 3.05) is 11.5 Å². The van der Waals surface area contributed by atoms with E-state index in [2.05, 4.69) is 15.8 Å². The van der Waals surface area contributed by atoms with Gasteiger partial charge < -0.3 is 4.74 Å². The zero-order valence-electron chi connectivity index (χ0n) is 8.98. The first-order valence-electron chi connectivity index (χ1n) is 5.56. The molecular formula is C11H13N3OS. The highest BCUT2D eigenvalue weighted by Crippen LogP contribution is 2.32. The van der Waals surface area contributed by atoms with Crippen LogP contribution in [0, 0.1) is 11.3 Å². The summed E-state index contributed by atoms with van der Waals surface area (Å²) in [6.45, 7) is 1.17. The lowest BCUT2D eigenvalue weighted by atomic mass is 10.1. The molecule has 0 N–H and O–H groups in total. The Morgan fingerprint density at radius 3 is 2.94 bits per heavy atom. The molecule has 0 amide bonds. The fraction of sp³-hybridized carbons (Fsp3) is 0.636. The lowest BCUT2D eigenvalue weighted by molar-refractivity contribution is 0.127. The van der Waals surface area contributed by atoms with Crippen molar-refractivity contribution in [2.45, 2.75) is 32.1 Å². The number of ether oxygens (including phenoxy) is 1. The maximum atomic E-state index is 9.03. The van der Waals surface area contributed by atoms with Gasteiger partial charge in [0.15, 0.2) is 5.69 Å². The molecule has 0 aromatic carbocycles. The highest BCUT2D eigenvalue weighted by molar-refractivity contribution is 7.99. The molecule has 0 bridgehead atoms. The summed E-state index contributed by atoms with van der Waals surface area (Å²) in [5.41, 5.74) is 2.71. The third kappa shape index (κ3) is 1.53. The molecule has 0 atom stereocenters. The van der Waals surface area contributed by atoms with Crippen molar-refractivity contribution in [1.82, 2.24) is 9.78 Å². The second kappa shape index (κ2) is 4.11. The molecule has 16 heavy (non-hydrogen) atoms. The van der Waals surface area contributed by atoms with Crippen LogP contribution in [0.5, 0.6) is 0 Å². The molecule has 0 aliphatic carbocycles. The fourth-order valence-electron chi connectivity index (χ4n) is 2.38. The van der Waals surface area contributed by atoms with Crippen LogP contribution in [-0.2, 0) is 18.0 Å². The van der Waals surface area contributed by atoms with Crippen molar-refractivity contribution in [2.24, 2.45) is 0 Å². The maximum absolute atomic E-state index is 9.03. The number of hydrogen-bond acceptors (Lipinski definition) is 4. The summed E-state index contributed by atoms with van der Waals surface area (Å²) >= 11 is 2.00. The van der Waals surface area contributed by atoms with Gasteiger partial charge in [0, 0.05) is 5.56 Å². The van der Waals surface area contributed by atoms with E-state index in [1.54, 1.807) is 0 Å². The van der Waals surface area contributed by atoms with E-state index in [1.165, 1.54) is 11.5 Å². The van der Waals surface area contributed by atoms with Crippen LogP contribution in [0.4, 0.5) is 0 Å². The van der Waals surface area contributed by atoms with Gasteiger partial charge in [-0.1, -0.05) is 0 Å². The largest absolute Gasteiger partial charge is 0.370 e. The van der Waals surface area contributed by atoms with Crippen LogP contribution in [0.1, 0.15) is 35.8 Å². The number of thioether (sulfide) groups is 1. The predicted molar refractivity (Wildman–Crippen MR) is 61.0 cm³/mol. The SMILES string of the molecule is N#Cc1nn(C2CCSCC2)c2c1COC2. The standard InChI is InChI=1S/C11H13N3OS/c12-5-10-9-6-15-7-11(9)14(13-10)8-1-3-16-4-2-8/h8H,1-4,6-7H2. The zero-order valence-corrected chi connectivity index (χ0v) is 9.79. The smallest absolute Gasteiger partial charge is 0.168 e. The Kier molecular flexibility index (Phi) is 2.62. The Labute approximate surface area is 98.6 Å². The quantitative estimate of drug-likeness (QED) is 0.745. The maximum Gasteiger partial charge on any atom is 0.168 e. The molecule has 1 saturated heterocycles. The van der Waals surface area contributed by atoms with Gasteiger partial charge in [-0.25, -0.2) is 0 Å². The third-order valence-electron chi connectivity index (χ3n) is 3.25. The van der Waals surface area contributed by atoms with Gasteiger partial charge in [-0.15, -0.1) is 0 Å². The fourth-order valence-corrected chi connectivity index (χ4v) is 3.46. The van der Waals surface area contributed by atoms with Crippen molar-refractivity contribution in [1.29, 1.82) is 5.26 Å². The van der Waals surface area contributed by atoms with E-state index in [0.29, 0.717) is 24.9 Å². The highest BCUT2D eigenvalue weighted by atomic mass is 32.2. The van der Waals surface area contributed by atoms with Crippen LogP contribution in [0.25, 0.3) is 0 Å². The van der Waals surface area contributed by atoms with Crippen LogP contribution in [0.15, 0.2) is 0 Å². The normalized spacial score (nSPS) is 20.7. The summed E-state index contributed by atoms with van der Waals surface area (Å²) in [6.07, 6.45) is 2.31. The van der Waals surface area contributed by atoms with E-state index in [0.717, 1.165) is 24.1 Å². The van der Waals surface area contributed by atoms with Gasteiger partial charge in [-0.2, -0.15) is 22.1 Å². The molecule has 1 aromatic rings. The summed E-state index contributed by atoms with van der Waals surface area (Å²) in [6, 6.07) is 2.64. The number of aromatic nitrogens is 2. The topological polar surface area (TPSA) is 50.8 Å². The zero-order chi connectivity index (χ0) is 11.0. The van der Waals surface area contributed by atoms with E-state index in [-0.39, 0.29) is 0 Å². The Hall–Kier alpha value is -0.990. The van der Waals surface area contributed by atoms with Crippen molar-refractivity contribution in [3.63, 3.8) is 0 Å². The number of nitrogens with zero attached hydrogens (tertiary/aromatic N) is 3. The van der Waals surface area contributed by atoms with E-state index < -0.39 is 0 Å². The van der Waals surface area contributed by atoms with Gasteiger partial charge in [-0.3, -0.25) is 4.68 Å². The molecule has 1 aromatic heterocycles. The summed E-state index contributed by atoms with van der Waals surface area (Å²) < 4.78 is 7.47. The molecule has 3 rings (SSSR count). The second-order valence-corrected chi connectivity index (χ2v) is 5.39. The molecule has 4 nitrogen and oxygen atoms in total. The summed E-state index contributed by atoms with van der Waals surface area (Å²) in [7, 11) is 0. The van der Waals surface area contributed by atoms with Crippen LogP contribution >= 0.6 is 11.8 Å². The summed E-state index contributed by atoms with van der Waals surface area (Å²) in [4.78, 5) is 0. The number of rotatable bonds is 1. The monoisotopic (exact) mass is 235 g/mol. The van der Waals surface area contributed by atoms with Gasteiger partial charge in [0.25, 0.3) is 0 Å². The molecule has 3 heterocycles. The average molecular weight is 235 g/mol. The van der Waals surface area contributed by atoms with E-state index in [9.17, 15) is 0 Å². The Bertz CT molecular complexity index is 443. The lowest BCUT2D eigenvalue weighted by Gasteiger charge is -2.23. The number of fused-ring (bicyclic) bond motifs is 1. The van der Waals surface area contributed by atoms with E-state index in [4.69, 9.17) is 10.00 Å². The third-order valence-corrected chi connectivity index (χ3v) is 4.30. The summed E-state index contributed by atoms with van der Waals surface area (Å²) in [5, 5.41) is 13.5. The minimum Gasteiger partial charge on any atom is -0.370 e. The molecule has 84 valence electrons. The van der Waals surface area contributed by atoms with Crippen LogP contribution in [0.3, 0.4) is 0 Å². The lowest BCUT2D eigenvalue weighted by Crippen LogP contribution is -2.18. The van der Waals surface area contributed by atoms with Crippen LogP contribution in [-0.4, -0.2) is 21.3 Å². The highest BCUT2D eigenvalue weighted by Gasteiger charge is 2.27. The van der Waals surface area contributed by atoms with Crippen molar-refractivity contribution >= 4 is 11.8 Å². The molecule has 0 radical (unpaired) electrons. The van der Waals surface area contributed by atoms with Gasteiger partial charge in [0.2, 0.25) is 0 Å². The van der Waals surface area contributed by atoms with Gasteiger partial charge in [0.1, 0.15) is 6.07 Å². The molecule has 0 saturated carbocycles. The summed E-state index contributed by atoms with van der Waals surface area (Å²) in [5.74, 6) is 2.39. The molecule has 1 fully saturated rings. The molecule has 2 aliphatic heterocycles. The molecule has 2 aliphatic rings. The molecular weight excluding hydrogens is 222 g/mol. The second-order valence-electron chi connectivity index (χ2n) is 4.17. The first kappa shape index (κ1) is 10.2. The number of nitriles is 1. The molecule has 5 heteroatoms. The van der Waals surface area contributed by atoms with Gasteiger partial charge in [-0.05, 0) is 24.3 Å². The van der Waals surface area contributed by atoms with Crippen molar-refractivity contribution < 1.29 is 4.74 Å². The Morgan fingerprint density at radius 2 is 2.19 bits per heavy atom. The van der Waals surface area contributed by atoms with Crippen molar-refractivity contribution in [3.05, 3.63) is 17.0 Å². The van der Waals surface area contributed by atoms with E-state index >= 15 is 0 Å². The van der Waals surface area contributed by atoms with Gasteiger partial charge in [0.05, 0.1) is 24.9 Å². The Morgan fingerprint density at radius 1 is 1.38 bits per heavy atom. The number of hydrogen-bond donors (Lipinski definition) is 0. The average Bonchev–Trinajstić information content (AvgIpc) is 2.91. The minimum absolute atomic E-state index is 0.471. The molecule has 0 unspecified atom stereocenters.